The van der Waals surface area contributed by atoms with Gasteiger partial charge in [-0.05, 0) is 24.6 Å². The predicted molar refractivity (Wildman–Crippen MR) is 74.9 cm³/mol. The molecule has 1 aliphatic heterocycles. The first-order chi connectivity index (χ1) is 10.4. The van der Waals surface area contributed by atoms with Crippen molar-refractivity contribution in [1.29, 1.82) is 0 Å². The van der Waals surface area contributed by atoms with Crippen LogP contribution in [0.3, 0.4) is 0 Å². The Balaban J connectivity index is 2.08. The van der Waals surface area contributed by atoms with Gasteiger partial charge in [-0.15, -0.1) is 0 Å². The van der Waals surface area contributed by atoms with Crippen LogP contribution in [0.2, 0.25) is 0 Å². The lowest BCUT2D eigenvalue weighted by Crippen LogP contribution is -2.35. The maximum Gasteiger partial charge on any atom is 0.324 e. The van der Waals surface area contributed by atoms with Gasteiger partial charge in [-0.2, -0.15) is 0 Å². The highest BCUT2D eigenvalue weighted by Gasteiger charge is 2.38. The molecule has 2 rings (SSSR count). The van der Waals surface area contributed by atoms with Crippen molar-refractivity contribution in [2.45, 2.75) is 38.3 Å². The summed E-state index contributed by atoms with van der Waals surface area (Å²) in [5.41, 5.74) is -0.280. The molecule has 1 fully saturated rings. The fourth-order valence-electron chi connectivity index (χ4n) is 2.39. The van der Waals surface area contributed by atoms with Gasteiger partial charge in [-0.1, -0.05) is 19.8 Å². The van der Waals surface area contributed by atoms with E-state index >= 15 is 0 Å². The normalized spacial score (nSPS) is 19.5. The molecule has 22 heavy (non-hydrogen) atoms. The molecule has 2 atom stereocenters. The molecule has 0 aliphatic carbocycles. The van der Waals surface area contributed by atoms with Crippen LogP contribution in [0.25, 0.3) is 0 Å². The molecule has 3 amide bonds. The van der Waals surface area contributed by atoms with Crippen molar-refractivity contribution in [2.24, 2.45) is 0 Å². The second-order valence-corrected chi connectivity index (χ2v) is 5.27. The summed E-state index contributed by atoms with van der Waals surface area (Å²) in [7, 11) is 0. The summed E-state index contributed by atoms with van der Waals surface area (Å²) < 4.78 is 26.7. The summed E-state index contributed by atoms with van der Waals surface area (Å²) in [6.45, 7) is 1.56. The molecule has 2 unspecified atom stereocenters. The molecule has 0 radical (unpaired) electrons. The van der Waals surface area contributed by atoms with Crippen molar-refractivity contribution in [3.63, 3.8) is 0 Å². The molecule has 1 heterocycles. The first kappa shape index (κ1) is 16.4. The monoisotopic (exact) mass is 312 g/mol. The number of carbonyl (C=O) groups is 2. The second-order valence-electron chi connectivity index (χ2n) is 5.27. The third-order valence-corrected chi connectivity index (χ3v) is 3.63. The van der Waals surface area contributed by atoms with Crippen molar-refractivity contribution < 1.29 is 23.5 Å². The maximum absolute atomic E-state index is 13.6. The number of rotatable bonds is 6. The van der Waals surface area contributed by atoms with Crippen LogP contribution in [0.1, 0.15) is 37.9 Å². The molecular formula is C15H18F2N2O3. The Bertz CT molecular complexity index is 580. The smallest absolute Gasteiger partial charge is 0.324 e. The third kappa shape index (κ3) is 3.41. The lowest BCUT2D eigenvalue weighted by molar-refractivity contribution is -0.128. The van der Waals surface area contributed by atoms with Gasteiger partial charge in [0.05, 0.1) is 6.54 Å². The minimum atomic E-state index is -1.48. The Morgan fingerprint density at radius 3 is 2.77 bits per heavy atom. The number of aliphatic hydroxyl groups excluding tert-OH is 1. The highest BCUT2D eigenvalue weighted by molar-refractivity contribution is 6.04. The molecule has 0 spiro atoms. The number of imide groups is 1. The minimum absolute atomic E-state index is 0.280. The van der Waals surface area contributed by atoms with Gasteiger partial charge in [0.15, 0.2) is 0 Å². The van der Waals surface area contributed by atoms with E-state index < -0.39 is 42.3 Å². The van der Waals surface area contributed by atoms with Gasteiger partial charge in [0.25, 0.3) is 5.91 Å². The Labute approximate surface area is 126 Å². The Morgan fingerprint density at radius 1 is 1.36 bits per heavy atom. The highest BCUT2D eigenvalue weighted by atomic mass is 19.1. The lowest BCUT2D eigenvalue weighted by atomic mass is 10.1. The number of urea groups is 1. The number of β-amino-alcohol motifs (C(OH)–C–C–N with tert-alkyl or cyclic N) is 1. The number of amides is 3. The SMILES string of the molecule is CCCCC1NC(=O)N(CC(O)c2cc(F)ccc2F)C1=O. The largest absolute Gasteiger partial charge is 0.386 e. The van der Waals surface area contributed by atoms with Gasteiger partial charge in [0, 0.05) is 5.56 Å². The lowest BCUT2D eigenvalue weighted by Gasteiger charge is -2.18. The van der Waals surface area contributed by atoms with Crippen LogP contribution in [0.4, 0.5) is 13.6 Å². The number of nitrogens with zero attached hydrogens (tertiary/aromatic N) is 1. The standard InChI is InChI=1S/C15H18F2N2O3/c1-2-3-4-12-14(21)19(15(22)18-12)8-13(20)10-7-9(16)5-6-11(10)17/h5-7,12-13,20H,2-4,8H2,1H3,(H,18,22). The minimum Gasteiger partial charge on any atom is -0.386 e. The van der Waals surface area contributed by atoms with E-state index in [4.69, 9.17) is 0 Å². The number of halogens is 2. The molecule has 7 heteroatoms. The number of unbranched alkanes of at least 4 members (excludes halogenated alkanes) is 1. The van der Waals surface area contributed by atoms with Gasteiger partial charge < -0.3 is 10.4 Å². The molecule has 1 aromatic rings. The zero-order chi connectivity index (χ0) is 16.3. The van der Waals surface area contributed by atoms with Crippen LogP contribution in [-0.4, -0.2) is 34.5 Å². The van der Waals surface area contributed by atoms with Crippen LogP contribution < -0.4 is 5.32 Å². The number of benzene rings is 1. The van der Waals surface area contributed by atoms with Gasteiger partial charge in [0.1, 0.15) is 23.8 Å². The number of nitrogens with one attached hydrogen (secondary N) is 1. The Morgan fingerprint density at radius 2 is 2.09 bits per heavy atom. The zero-order valence-corrected chi connectivity index (χ0v) is 12.2. The summed E-state index contributed by atoms with van der Waals surface area (Å²) in [6.07, 6.45) is 0.708. The van der Waals surface area contributed by atoms with Crippen LogP contribution in [0.15, 0.2) is 18.2 Å². The molecule has 0 bridgehead atoms. The van der Waals surface area contributed by atoms with Crippen molar-refractivity contribution >= 4 is 11.9 Å². The fraction of sp³-hybridized carbons (Fsp3) is 0.467. The third-order valence-electron chi connectivity index (χ3n) is 3.63. The summed E-state index contributed by atoms with van der Waals surface area (Å²) in [5.74, 6) is -1.94. The molecule has 1 saturated heterocycles. The van der Waals surface area contributed by atoms with Crippen molar-refractivity contribution in [1.82, 2.24) is 10.2 Å². The van der Waals surface area contributed by atoms with E-state index in [9.17, 15) is 23.5 Å². The maximum atomic E-state index is 13.6. The first-order valence-corrected chi connectivity index (χ1v) is 7.19. The van der Waals surface area contributed by atoms with E-state index in [0.717, 1.165) is 35.9 Å². The molecule has 0 aromatic heterocycles. The highest BCUT2D eigenvalue weighted by Crippen LogP contribution is 2.22. The van der Waals surface area contributed by atoms with Gasteiger partial charge in [-0.25, -0.2) is 13.6 Å². The van der Waals surface area contributed by atoms with Gasteiger partial charge >= 0.3 is 6.03 Å². The zero-order valence-electron chi connectivity index (χ0n) is 12.2. The topological polar surface area (TPSA) is 69.6 Å². The Kier molecular flexibility index (Phi) is 5.07. The van der Waals surface area contributed by atoms with E-state index in [-0.39, 0.29) is 5.56 Å². The average Bonchev–Trinajstić information content (AvgIpc) is 2.75. The quantitative estimate of drug-likeness (QED) is 0.790. The van der Waals surface area contributed by atoms with E-state index in [0.29, 0.717) is 6.42 Å². The van der Waals surface area contributed by atoms with Crippen LogP contribution in [0, 0.1) is 11.6 Å². The van der Waals surface area contributed by atoms with Crippen LogP contribution in [0.5, 0.6) is 0 Å². The molecule has 5 nitrogen and oxygen atoms in total. The van der Waals surface area contributed by atoms with Crippen molar-refractivity contribution in [2.75, 3.05) is 6.54 Å². The fourth-order valence-corrected chi connectivity index (χ4v) is 2.39. The molecule has 1 aromatic carbocycles. The van der Waals surface area contributed by atoms with E-state index in [1.54, 1.807) is 0 Å². The predicted octanol–water partition coefficient (Wildman–Crippen LogP) is 2.11. The summed E-state index contributed by atoms with van der Waals surface area (Å²) >= 11 is 0. The molecule has 0 saturated carbocycles. The second kappa shape index (κ2) is 6.83. The van der Waals surface area contributed by atoms with E-state index in [1.165, 1.54) is 0 Å². The van der Waals surface area contributed by atoms with Crippen molar-refractivity contribution in [3.05, 3.63) is 35.4 Å². The first-order valence-electron chi connectivity index (χ1n) is 7.19. The van der Waals surface area contributed by atoms with Crippen molar-refractivity contribution in [3.8, 4) is 0 Å². The van der Waals surface area contributed by atoms with E-state index in [1.807, 2.05) is 6.92 Å². The number of carbonyl (C=O) groups excluding carboxylic acids is 2. The molecular weight excluding hydrogens is 294 g/mol. The van der Waals surface area contributed by atoms with Gasteiger partial charge in [-0.3, -0.25) is 9.69 Å². The average molecular weight is 312 g/mol. The summed E-state index contributed by atoms with van der Waals surface area (Å²) in [6, 6.07) is 1.44. The summed E-state index contributed by atoms with van der Waals surface area (Å²) in [4.78, 5) is 24.7. The van der Waals surface area contributed by atoms with Crippen LogP contribution in [-0.2, 0) is 4.79 Å². The van der Waals surface area contributed by atoms with Crippen LogP contribution >= 0.6 is 0 Å². The van der Waals surface area contributed by atoms with Gasteiger partial charge in [0.2, 0.25) is 0 Å². The molecule has 1 aliphatic rings. The molecule has 2 N–H and O–H groups in total. The summed E-state index contributed by atoms with van der Waals surface area (Å²) in [5, 5.41) is 12.5. The number of aliphatic hydroxyl groups is 1. The number of hydrogen-bond acceptors (Lipinski definition) is 3. The molecule has 120 valence electrons. The van der Waals surface area contributed by atoms with E-state index in [2.05, 4.69) is 5.32 Å². The Hall–Kier alpha value is -2.02. The number of hydrogen-bond donors (Lipinski definition) is 2.